The van der Waals surface area contributed by atoms with Gasteiger partial charge in [-0.15, -0.1) is 0 Å². The molecular weight excluding hydrogens is 406 g/mol. The molecule has 4 N–H and O–H groups in total. The molecule has 0 fully saturated rings. The quantitative estimate of drug-likeness (QED) is 0.492. The zero-order valence-corrected chi connectivity index (χ0v) is 17.7. The van der Waals surface area contributed by atoms with Crippen molar-refractivity contribution < 1.29 is 19.2 Å². The fraction of sp³-hybridized carbons (Fsp3) is 0.200. The third-order valence-corrected chi connectivity index (χ3v) is 5.54. The van der Waals surface area contributed by atoms with Crippen LogP contribution in [-0.4, -0.2) is 24.6 Å². The molecule has 164 valence electrons. The number of hydrogen-bond donors (Lipinski definition) is 3. The number of carbonyl (C=O) groups excluding carboxylic acids is 2. The van der Waals surface area contributed by atoms with E-state index < -0.39 is 12.1 Å². The van der Waals surface area contributed by atoms with Gasteiger partial charge in [-0.3, -0.25) is 9.63 Å². The minimum Gasteiger partial charge on any atom is -0.449 e. The Labute approximate surface area is 186 Å². The molecule has 0 saturated heterocycles. The zero-order valence-electron chi connectivity index (χ0n) is 17.7. The lowest BCUT2D eigenvalue weighted by molar-refractivity contribution is -0.117. The van der Waals surface area contributed by atoms with E-state index in [1.807, 2.05) is 24.3 Å². The van der Waals surface area contributed by atoms with Crippen molar-refractivity contribution in [2.75, 3.05) is 11.9 Å². The van der Waals surface area contributed by atoms with Crippen molar-refractivity contribution in [1.29, 1.82) is 0 Å². The van der Waals surface area contributed by atoms with Gasteiger partial charge < -0.3 is 15.4 Å². The van der Waals surface area contributed by atoms with E-state index in [2.05, 4.69) is 39.7 Å². The third-order valence-electron chi connectivity index (χ3n) is 5.54. The highest BCUT2D eigenvalue weighted by Gasteiger charge is 2.29. The number of ether oxygens (including phenoxy) is 1. The molecule has 1 aliphatic rings. The van der Waals surface area contributed by atoms with Gasteiger partial charge in [-0.1, -0.05) is 60.7 Å². The predicted octanol–water partition coefficient (Wildman–Crippen LogP) is 3.94. The van der Waals surface area contributed by atoms with E-state index in [4.69, 9.17) is 10.6 Å². The summed E-state index contributed by atoms with van der Waals surface area (Å²) in [6.07, 6.45) is -0.634. The van der Waals surface area contributed by atoms with Crippen LogP contribution in [0.15, 0.2) is 72.8 Å². The molecule has 0 bridgehead atoms. The maximum atomic E-state index is 12.4. The molecule has 1 aliphatic carbocycles. The monoisotopic (exact) mass is 431 g/mol. The lowest BCUT2D eigenvalue weighted by atomic mass is 9.98. The minimum absolute atomic E-state index is 0.0340. The number of amides is 2. The first-order valence-corrected chi connectivity index (χ1v) is 10.4. The molecule has 1 atom stereocenters. The second-order valence-electron chi connectivity index (χ2n) is 7.69. The Balaban J connectivity index is 1.32. The summed E-state index contributed by atoms with van der Waals surface area (Å²) in [4.78, 5) is 29.4. The van der Waals surface area contributed by atoms with Crippen molar-refractivity contribution in [2.24, 2.45) is 5.90 Å². The number of hydrogen-bond acceptors (Lipinski definition) is 5. The smallest absolute Gasteiger partial charge is 0.407 e. The topological polar surface area (TPSA) is 103 Å². The number of fused-ring (bicyclic) bond motifs is 3. The molecule has 0 unspecified atom stereocenters. The number of anilines is 1. The molecule has 32 heavy (non-hydrogen) atoms. The van der Waals surface area contributed by atoms with Crippen LogP contribution in [0.3, 0.4) is 0 Å². The molecule has 0 saturated carbocycles. The Bertz CT molecular complexity index is 1070. The molecule has 7 nitrogen and oxygen atoms in total. The molecule has 7 heteroatoms. The predicted molar refractivity (Wildman–Crippen MR) is 122 cm³/mol. The van der Waals surface area contributed by atoms with Gasteiger partial charge in [0.15, 0.2) is 0 Å². The molecule has 3 aromatic rings. The van der Waals surface area contributed by atoms with Crippen molar-refractivity contribution >= 4 is 17.7 Å². The molecule has 0 radical (unpaired) electrons. The first-order valence-electron chi connectivity index (χ1n) is 10.4. The third kappa shape index (κ3) is 4.64. The summed E-state index contributed by atoms with van der Waals surface area (Å²) in [6.45, 7) is 2.08. The van der Waals surface area contributed by atoms with Crippen molar-refractivity contribution in [3.63, 3.8) is 0 Å². The number of carbonyl (C=O) groups is 2. The average molecular weight is 431 g/mol. The van der Waals surface area contributed by atoms with Crippen LogP contribution < -0.4 is 16.5 Å². The van der Waals surface area contributed by atoms with E-state index in [0.29, 0.717) is 5.69 Å². The van der Waals surface area contributed by atoms with Gasteiger partial charge in [0, 0.05) is 11.6 Å². The van der Waals surface area contributed by atoms with Gasteiger partial charge >= 0.3 is 6.09 Å². The summed E-state index contributed by atoms with van der Waals surface area (Å²) in [6, 6.07) is 22.6. The molecular formula is C25H25N3O4. The lowest BCUT2D eigenvalue weighted by Crippen LogP contribution is -2.42. The standard InChI is InChI=1S/C25H25N3O4/c1-16(24(29)28-18-12-10-17(11-13-18)14-32-26)27-25(30)31-15-23-21-8-4-2-6-19(21)20-7-3-5-9-22(20)23/h2-13,16,23H,14-15,26H2,1H3,(H,27,30)(H,28,29)/t16-/m0/s1. The van der Waals surface area contributed by atoms with Crippen molar-refractivity contribution in [3.05, 3.63) is 89.5 Å². The highest BCUT2D eigenvalue weighted by atomic mass is 16.6. The number of alkyl carbamates (subject to hydrolysis) is 1. The SMILES string of the molecule is C[C@H](NC(=O)OCC1c2ccccc2-c2ccccc21)C(=O)Nc1ccc(CON)cc1. The highest BCUT2D eigenvalue weighted by Crippen LogP contribution is 2.44. The summed E-state index contributed by atoms with van der Waals surface area (Å²) in [5.41, 5.74) is 6.08. The summed E-state index contributed by atoms with van der Waals surface area (Å²) in [5, 5.41) is 5.35. The molecule has 0 heterocycles. The first-order chi connectivity index (χ1) is 15.6. The summed E-state index contributed by atoms with van der Waals surface area (Å²) in [7, 11) is 0. The van der Waals surface area contributed by atoms with Gasteiger partial charge in [0.2, 0.25) is 5.91 Å². The number of benzene rings is 3. The minimum atomic E-state index is -0.766. The molecule has 3 aromatic carbocycles. The number of nitrogens with one attached hydrogen (secondary N) is 2. The van der Waals surface area contributed by atoms with Gasteiger partial charge in [-0.25, -0.2) is 10.7 Å². The van der Waals surface area contributed by atoms with Gasteiger partial charge in [-0.05, 0) is 46.9 Å². The van der Waals surface area contributed by atoms with Crippen LogP contribution in [0.5, 0.6) is 0 Å². The van der Waals surface area contributed by atoms with E-state index >= 15 is 0 Å². The summed E-state index contributed by atoms with van der Waals surface area (Å²) < 4.78 is 5.50. The Morgan fingerprint density at radius 1 is 0.938 bits per heavy atom. The largest absolute Gasteiger partial charge is 0.449 e. The van der Waals surface area contributed by atoms with E-state index in [0.717, 1.165) is 27.8 Å². The van der Waals surface area contributed by atoms with Crippen LogP contribution in [0.2, 0.25) is 0 Å². The van der Waals surface area contributed by atoms with E-state index in [1.165, 1.54) is 0 Å². The van der Waals surface area contributed by atoms with Crippen LogP contribution in [0.1, 0.15) is 29.5 Å². The van der Waals surface area contributed by atoms with Gasteiger partial charge in [0.25, 0.3) is 0 Å². The molecule has 4 rings (SSSR count). The summed E-state index contributed by atoms with van der Waals surface area (Å²) >= 11 is 0. The van der Waals surface area contributed by atoms with Gasteiger partial charge in [0.05, 0.1) is 6.61 Å². The number of rotatable bonds is 7. The van der Waals surface area contributed by atoms with Crippen LogP contribution in [-0.2, 0) is 21.0 Å². The van der Waals surface area contributed by atoms with Crippen molar-refractivity contribution in [2.45, 2.75) is 25.5 Å². The molecule has 0 aliphatic heterocycles. The Hall–Kier alpha value is -3.68. The average Bonchev–Trinajstić information content (AvgIpc) is 3.13. The lowest BCUT2D eigenvalue weighted by Gasteiger charge is -2.17. The maximum Gasteiger partial charge on any atom is 0.407 e. The Morgan fingerprint density at radius 3 is 2.12 bits per heavy atom. The second kappa shape index (κ2) is 9.64. The molecule has 2 amide bonds. The fourth-order valence-electron chi connectivity index (χ4n) is 3.91. The number of nitrogens with two attached hydrogens (primary N) is 1. The van der Waals surface area contributed by atoms with Crippen LogP contribution in [0.4, 0.5) is 10.5 Å². The zero-order chi connectivity index (χ0) is 22.5. The maximum absolute atomic E-state index is 12.4. The van der Waals surface area contributed by atoms with Crippen molar-refractivity contribution in [3.8, 4) is 11.1 Å². The van der Waals surface area contributed by atoms with Crippen LogP contribution in [0, 0.1) is 0 Å². The van der Waals surface area contributed by atoms with Gasteiger partial charge in [-0.2, -0.15) is 0 Å². The van der Waals surface area contributed by atoms with Crippen LogP contribution in [0.25, 0.3) is 11.1 Å². The van der Waals surface area contributed by atoms with Gasteiger partial charge in [0.1, 0.15) is 12.6 Å². The van der Waals surface area contributed by atoms with E-state index in [9.17, 15) is 9.59 Å². The Morgan fingerprint density at radius 2 is 1.53 bits per heavy atom. The molecule has 0 spiro atoms. The first kappa shape index (κ1) is 21.5. The normalized spacial score (nSPS) is 13.1. The second-order valence-corrected chi connectivity index (χ2v) is 7.69. The van der Waals surface area contributed by atoms with E-state index in [1.54, 1.807) is 31.2 Å². The van der Waals surface area contributed by atoms with E-state index in [-0.39, 0.29) is 25.0 Å². The van der Waals surface area contributed by atoms with Crippen molar-refractivity contribution in [1.82, 2.24) is 5.32 Å². The van der Waals surface area contributed by atoms with Crippen LogP contribution >= 0.6 is 0 Å². The fourth-order valence-corrected chi connectivity index (χ4v) is 3.91. The highest BCUT2D eigenvalue weighted by molar-refractivity contribution is 5.96. The molecule has 0 aromatic heterocycles. The Kier molecular flexibility index (Phi) is 6.49. The summed E-state index contributed by atoms with van der Waals surface area (Å²) in [5.74, 6) is 4.68.